The monoisotopic (exact) mass is 452 g/mol. The Balaban J connectivity index is 1.65. The predicted molar refractivity (Wildman–Crippen MR) is 114 cm³/mol. The molecule has 170 valence electrons. The third-order valence-corrected chi connectivity index (χ3v) is 7.53. The van der Waals surface area contributed by atoms with Gasteiger partial charge in [0.1, 0.15) is 5.54 Å². The summed E-state index contributed by atoms with van der Waals surface area (Å²) in [5, 5.41) is 24.1. The summed E-state index contributed by atoms with van der Waals surface area (Å²) in [6.45, 7) is 0.552. The largest absolute Gasteiger partial charge is 0.454 e. The van der Waals surface area contributed by atoms with Gasteiger partial charge in [-0.15, -0.1) is 0 Å². The standard InChI is InChI=1S/C22H20N4O7/c1-23-15-6-5-13(25(28)29)10-14(15)22(21(23)27)19(12-4-7-17-18(9-12)33-11-32-17)20(26(30)31)16-3-2-8-24(16)22/h4-7,9-10,16,19-20H,2-3,8,11H2,1H3/t16-,19-,20+,22-/m0/s1. The number of carbonyl (C=O) groups is 1. The van der Waals surface area contributed by atoms with Crippen molar-refractivity contribution in [3.05, 3.63) is 67.8 Å². The number of ether oxygens (including phenoxy) is 2. The average molecular weight is 452 g/mol. The molecule has 0 N–H and O–H groups in total. The van der Waals surface area contributed by atoms with Crippen LogP contribution in [0.15, 0.2) is 36.4 Å². The lowest BCUT2D eigenvalue weighted by Crippen LogP contribution is -2.52. The molecule has 6 rings (SSSR count). The molecule has 0 radical (unpaired) electrons. The smallest absolute Gasteiger partial charge is 0.269 e. The summed E-state index contributed by atoms with van der Waals surface area (Å²) >= 11 is 0. The zero-order valence-electron chi connectivity index (χ0n) is 17.7. The molecule has 0 aliphatic carbocycles. The lowest BCUT2D eigenvalue weighted by Gasteiger charge is -2.36. The summed E-state index contributed by atoms with van der Waals surface area (Å²) in [6, 6.07) is 7.95. The fourth-order valence-corrected chi connectivity index (χ4v) is 6.33. The van der Waals surface area contributed by atoms with Gasteiger partial charge in [0.05, 0.1) is 16.9 Å². The topological polar surface area (TPSA) is 128 Å². The molecular formula is C22H20N4O7. The van der Waals surface area contributed by atoms with E-state index in [0.29, 0.717) is 47.7 Å². The van der Waals surface area contributed by atoms with Gasteiger partial charge in [0.15, 0.2) is 11.5 Å². The summed E-state index contributed by atoms with van der Waals surface area (Å²) < 4.78 is 10.9. The first-order chi connectivity index (χ1) is 15.9. The van der Waals surface area contributed by atoms with Crippen LogP contribution in [0.4, 0.5) is 11.4 Å². The minimum Gasteiger partial charge on any atom is -0.454 e. The van der Waals surface area contributed by atoms with Gasteiger partial charge in [0.2, 0.25) is 12.8 Å². The Labute approximate surface area is 187 Å². The number of rotatable bonds is 3. The SMILES string of the molecule is CN1C(=O)[C@]2(c3cc([N+](=O)[O-])ccc31)[C@@H](c1ccc3c(c1)OCO3)[C@H]([N+](=O)[O-])[C@@H]1CCCN12. The zero-order valence-corrected chi connectivity index (χ0v) is 17.7. The van der Waals surface area contributed by atoms with Gasteiger partial charge >= 0.3 is 0 Å². The van der Waals surface area contributed by atoms with Crippen LogP contribution in [0, 0.1) is 20.2 Å². The van der Waals surface area contributed by atoms with Gasteiger partial charge in [-0.3, -0.25) is 29.9 Å². The van der Waals surface area contributed by atoms with Crippen molar-refractivity contribution in [1.29, 1.82) is 0 Å². The van der Waals surface area contributed by atoms with E-state index in [4.69, 9.17) is 9.47 Å². The summed E-state index contributed by atoms with van der Waals surface area (Å²) in [5.41, 5.74) is -0.00516. The number of benzene rings is 2. The van der Waals surface area contributed by atoms with E-state index in [0.717, 1.165) is 0 Å². The highest BCUT2D eigenvalue weighted by atomic mass is 16.7. The van der Waals surface area contributed by atoms with Crippen molar-refractivity contribution in [3.63, 3.8) is 0 Å². The molecule has 1 spiro atoms. The van der Waals surface area contributed by atoms with E-state index in [1.54, 1.807) is 31.3 Å². The number of non-ortho nitro benzene ring substituents is 1. The fraction of sp³-hybridized carbons (Fsp3) is 0.409. The van der Waals surface area contributed by atoms with Crippen LogP contribution >= 0.6 is 0 Å². The molecule has 2 aromatic rings. The van der Waals surface area contributed by atoms with Gasteiger partial charge in [-0.25, -0.2) is 0 Å². The molecule has 11 heteroatoms. The minimum absolute atomic E-state index is 0.0543. The Morgan fingerprint density at radius 1 is 1.09 bits per heavy atom. The van der Waals surface area contributed by atoms with Crippen LogP contribution in [0.2, 0.25) is 0 Å². The normalized spacial score (nSPS) is 29.5. The molecule has 0 unspecified atom stereocenters. The first-order valence-corrected chi connectivity index (χ1v) is 10.7. The molecule has 4 aliphatic heterocycles. The van der Waals surface area contributed by atoms with Crippen molar-refractivity contribution in [3.8, 4) is 11.5 Å². The van der Waals surface area contributed by atoms with Crippen LogP contribution in [0.3, 0.4) is 0 Å². The van der Waals surface area contributed by atoms with Crippen LogP contribution < -0.4 is 14.4 Å². The number of hydrogen-bond donors (Lipinski definition) is 0. The molecule has 0 bridgehead atoms. The second kappa shape index (κ2) is 6.64. The van der Waals surface area contributed by atoms with Crippen molar-refractivity contribution in [2.45, 2.75) is 36.4 Å². The summed E-state index contributed by atoms with van der Waals surface area (Å²) in [7, 11) is 1.61. The van der Waals surface area contributed by atoms with Crippen molar-refractivity contribution in [2.24, 2.45) is 0 Å². The molecule has 2 saturated heterocycles. The van der Waals surface area contributed by atoms with Crippen LogP contribution in [0.25, 0.3) is 0 Å². The van der Waals surface area contributed by atoms with Crippen LogP contribution in [0.1, 0.15) is 29.9 Å². The predicted octanol–water partition coefficient (Wildman–Crippen LogP) is 2.40. The molecular weight excluding hydrogens is 432 g/mol. The summed E-state index contributed by atoms with van der Waals surface area (Å²) in [4.78, 5) is 40.7. The molecule has 4 atom stereocenters. The van der Waals surface area contributed by atoms with Gasteiger partial charge in [-0.2, -0.15) is 0 Å². The van der Waals surface area contributed by atoms with Gasteiger partial charge in [0, 0.05) is 41.9 Å². The third kappa shape index (κ3) is 2.39. The molecule has 11 nitrogen and oxygen atoms in total. The van der Waals surface area contributed by atoms with Crippen molar-refractivity contribution < 1.29 is 24.1 Å². The molecule has 0 saturated carbocycles. The Kier molecular flexibility index (Phi) is 4.01. The second-order valence-electron chi connectivity index (χ2n) is 8.86. The third-order valence-electron chi connectivity index (χ3n) is 7.53. The maximum atomic E-state index is 14.0. The Morgan fingerprint density at radius 3 is 2.64 bits per heavy atom. The highest BCUT2D eigenvalue weighted by Crippen LogP contribution is 2.61. The number of fused-ring (bicyclic) bond motifs is 5. The maximum Gasteiger partial charge on any atom is 0.269 e. The number of hydrogen-bond acceptors (Lipinski definition) is 8. The Morgan fingerprint density at radius 2 is 1.88 bits per heavy atom. The number of nitro benzene ring substituents is 1. The lowest BCUT2D eigenvalue weighted by atomic mass is 9.73. The van der Waals surface area contributed by atoms with E-state index >= 15 is 0 Å². The van der Waals surface area contributed by atoms with Crippen molar-refractivity contribution >= 4 is 17.3 Å². The van der Waals surface area contributed by atoms with Crippen LogP contribution in [-0.4, -0.2) is 53.1 Å². The van der Waals surface area contributed by atoms with E-state index in [1.165, 1.54) is 17.0 Å². The summed E-state index contributed by atoms with van der Waals surface area (Å²) in [6.07, 6.45) is 1.29. The highest BCUT2D eigenvalue weighted by molar-refractivity contribution is 6.09. The molecule has 4 aliphatic rings. The number of likely N-dealkylation sites (N-methyl/N-ethyl adjacent to an activating group) is 1. The zero-order chi connectivity index (χ0) is 23.1. The van der Waals surface area contributed by atoms with E-state index in [1.807, 2.05) is 4.90 Å². The lowest BCUT2D eigenvalue weighted by molar-refractivity contribution is -0.527. The van der Waals surface area contributed by atoms with Gasteiger partial charge < -0.3 is 14.4 Å². The number of anilines is 1. The minimum atomic E-state index is -1.41. The quantitative estimate of drug-likeness (QED) is 0.513. The molecule has 2 fully saturated rings. The maximum absolute atomic E-state index is 14.0. The molecule has 0 aromatic heterocycles. The highest BCUT2D eigenvalue weighted by Gasteiger charge is 2.72. The molecule has 2 aromatic carbocycles. The van der Waals surface area contributed by atoms with Crippen molar-refractivity contribution in [2.75, 3.05) is 25.3 Å². The first kappa shape index (κ1) is 19.9. The Hall–Kier alpha value is -3.73. The van der Waals surface area contributed by atoms with E-state index in [-0.39, 0.29) is 23.3 Å². The number of carbonyl (C=O) groups excluding carboxylic acids is 1. The Bertz CT molecular complexity index is 1230. The molecule has 1 amide bonds. The van der Waals surface area contributed by atoms with Gasteiger partial charge in [-0.05, 0) is 36.6 Å². The number of amides is 1. The van der Waals surface area contributed by atoms with E-state index < -0.39 is 28.5 Å². The first-order valence-electron chi connectivity index (χ1n) is 10.7. The van der Waals surface area contributed by atoms with Crippen LogP contribution in [0.5, 0.6) is 11.5 Å². The summed E-state index contributed by atoms with van der Waals surface area (Å²) in [5.74, 6) is -0.160. The van der Waals surface area contributed by atoms with Gasteiger partial charge in [-0.1, -0.05) is 6.07 Å². The number of nitro groups is 2. The molecule has 4 heterocycles. The number of nitrogens with zero attached hydrogens (tertiary/aromatic N) is 4. The van der Waals surface area contributed by atoms with E-state index in [2.05, 4.69) is 0 Å². The average Bonchev–Trinajstić information content (AvgIpc) is 3.54. The molecule has 33 heavy (non-hydrogen) atoms. The fourth-order valence-electron chi connectivity index (χ4n) is 6.33. The van der Waals surface area contributed by atoms with Crippen molar-refractivity contribution in [1.82, 2.24) is 4.90 Å². The van der Waals surface area contributed by atoms with Crippen LogP contribution in [-0.2, 0) is 10.3 Å². The van der Waals surface area contributed by atoms with E-state index in [9.17, 15) is 25.0 Å². The second-order valence-corrected chi connectivity index (χ2v) is 8.86. The van der Waals surface area contributed by atoms with Gasteiger partial charge in [0.25, 0.3) is 11.6 Å².